The van der Waals surface area contributed by atoms with Crippen molar-refractivity contribution in [1.82, 2.24) is 0 Å². The van der Waals surface area contributed by atoms with Crippen molar-refractivity contribution in [1.29, 1.82) is 0 Å². The molecule has 2 amide bonds. The molecule has 0 aliphatic carbocycles. The summed E-state index contributed by atoms with van der Waals surface area (Å²) in [6.45, 7) is 9.45. The summed E-state index contributed by atoms with van der Waals surface area (Å²) in [6.07, 6.45) is 3.08. The van der Waals surface area contributed by atoms with Crippen molar-refractivity contribution >= 4 is 45.9 Å². The summed E-state index contributed by atoms with van der Waals surface area (Å²) < 4.78 is 5.18. The summed E-state index contributed by atoms with van der Waals surface area (Å²) in [5.41, 5.74) is 5.37. The Morgan fingerprint density at radius 3 is 2.26 bits per heavy atom. The Labute approximate surface area is 203 Å². The molecule has 0 saturated heterocycles. The summed E-state index contributed by atoms with van der Waals surface area (Å²) in [7, 11) is 0. The van der Waals surface area contributed by atoms with Crippen molar-refractivity contribution in [3.05, 3.63) is 86.8 Å². The average Bonchev–Trinajstić information content (AvgIpc) is 3.11. The maximum Gasteiger partial charge on any atom is 0.341 e. The second-order valence-corrected chi connectivity index (χ2v) is 9.01. The first-order valence-corrected chi connectivity index (χ1v) is 11.8. The SMILES string of the molecule is CCOC(=O)c1c(NC(=O)/C=C/c2ccc(C)cc2)sc(C(=O)Nc2ccc(C)cc2C)c1C. The zero-order chi connectivity index (χ0) is 24.8. The van der Waals surface area contributed by atoms with Gasteiger partial charge < -0.3 is 15.4 Å². The van der Waals surface area contributed by atoms with E-state index in [2.05, 4.69) is 10.6 Å². The molecule has 1 aromatic heterocycles. The molecule has 1 heterocycles. The number of benzene rings is 2. The number of carbonyl (C=O) groups is 3. The predicted octanol–water partition coefficient (Wildman–Crippen LogP) is 6.06. The normalized spacial score (nSPS) is 10.9. The largest absolute Gasteiger partial charge is 0.462 e. The standard InChI is InChI=1S/C27H28N2O4S/c1-6-33-27(32)23-19(5)24(25(31)28-21-13-9-17(3)15-18(21)4)34-26(23)29-22(30)14-12-20-10-7-16(2)8-11-20/h7-15H,6H2,1-5H3,(H,28,31)(H,29,30)/b14-12+. The molecule has 0 bridgehead atoms. The topological polar surface area (TPSA) is 84.5 Å². The van der Waals surface area contributed by atoms with Gasteiger partial charge >= 0.3 is 5.97 Å². The number of esters is 1. The summed E-state index contributed by atoms with van der Waals surface area (Å²) in [4.78, 5) is 38.6. The lowest BCUT2D eigenvalue weighted by molar-refractivity contribution is -0.111. The number of amides is 2. The van der Waals surface area contributed by atoms with Gasteiger partial charge in [0.1, 0.15) is 5.00 Å². The van der Waals surface area contributed by atoms with Crippen LogP contribution < -0.4 is 10.6 Å². The van der Waals surface area contributed by atoms with Gasteiger partial charge in [-0.3, -0.25) is 9.59 Å². The monoisotopic (exact) mass is 476 g/mol. The highest BCUT2D eigenvalue weighted by molar-refractivity contribution is 7.19. The van der Waals surface area contributed by atoms with Crippen LogP contribution in [0.3, 0.4) is 0 Å². The number of aryl methyl sites for hydroxylation is 3. The molecule has 2 N–H and O–H groups in total. The van der Waals surface area contributed by atoms with Gasteiger partial charge in [-0.1, -0.05) is 47.5 Å². The molecule has 0 aliphatic rings. The van der Waals surface area contributed by atoms with Gasteiger partial charge in [0.2, 0.25) is 5.91 Å². The summed E-state index contributed by atoms with van der Waals surface area (Å²) >= 11 is 1.05. The molecule has 0 fully saturated rings. The molecule has 0 unspecified atom stereocenters. The maximum absolute atomic E-state index is 13.1. The Hall–Kier alpha value is -3.71. The van der Waals surface area contributed by atoms with Crippen LogP contribution in [0.15, 0.2) is 48.5 Å². The van der Waals surface area contributed by atoms with Crippen molar-refractivity contribution in [3.63, 3.8) is 0 Å². The molecule has 0 aliphatic heterocycles. The fourth-order valence-corrected chi connectivity index (χ4v) is 4.50. The highest BCUT2D eigenvalue weighted by Gasteiger charge is 2.26. The minimum absolute atomic E-state index is 0.179. The Morgan fingerprint density at radius 1 is 0.941 bits per heavy atom. The predicted molar refractivity (Wildman–Crippen MR) is 138 cm³/mol. The van der Waals surface area contributed by atoms with E-state index in [0.717, 1.165) is 33.6 Å². The Balaban J connectivity index is 1.87. The van der Waals surface area contributed by atoms with E-state index >= 15 is 0 Å². The van der Waals surface area contributed by atoms with Crippen LogP contribution in [-0.4, -0.2) is 24.4 Å². The van der Waals surface area contributed by atoms with Gasteiger partial charge in [-0.15, -0.1) is 11.3 Å². The molecule has 0 radical (unpaired) electrons. The molecule has 7 heteroatoms. The van der Waals surface area contributed by atoms with Gasteiger partial charge in [-0.05, 0) is 63.5 Å². The number of nitrogens with one attached hydrogen (secondary N) is 2. The number of anilines is 2. The fraction of sp³-hybridized carbons (Fsp3) is 0.222. The molecular formula is C27H28N2O4S. The number of carbonyl (C=O) groups excluding carboxylic acids is 3. The van der Waals surface area contributed by atoms with E-state index in [-0.39, 0.29) is 23.1 Å². The number of hydrogen-bond acceptors (Lipinski definition) is 5. The number of ether oxygens (including phenoxy) is 1. The first-order chi connectivity index (χ1) is 16.2. The lowest BCUT2D eigenvalue weighted by Crippen LogP contribution is -2.14. The molecule has 34 heavy (non-hydrogen) atoms. The first-order valence-electron chi connectivity index (χ1n) is 10.9. The smallest absolute Gasteiger partial charge is 0.341 e. The second kappa shape index (κ2) is 10.9. The van der Waals surface area contributed by atoms with E-state index in [4.69, 9.17) is 4.74 Å². The van der Waals surface area contributed by atoms with Crippen molar-refractivity contribution < 1.29 is 19.1 Å². The number of thiophene rings is 1. The van der Waals surface area contributed by atoms with Crippen LogP contribution in [0.4, 0.5) is 10.7 Å². The molecule has 0 spiro atoms. The van der Waals surface area contributed by atoms with Gasteiger partial charge in [-0.25, -0.2) is 4.79 Å². The lowest BCUT2D eigenvalue weighted by Gasteiger charge is -2.09. The molecule has 176 valence electrons. The average molecular weight is 477 g/mol. The number of rotatable bonds is 7. The van der Waals surface area contributed by atoms with Crippen molar-refractivity contribution in [2.75, 3.05) is 17.2 Å². The first kappa shape index (κ1) is 24.9. The van der Waals surface area contributed by atoms with Crippen molar-refractivity contribution in [2.24, 2.45) is 0 Å². The zero-order valence-corrected chi connectivity index (χ0v) is 20.8. The third kappa shape index (κ3) is 5.99. The minimum atomic E-state index is -0.584. The van der Waals surface area contributed by atoms with Crippen LogP contribution in [0.2, 0.25) is 0 Å². The molecular weight excluding hydrogens is 448 g/mol. The van der Waals surface area contributed by atoms with Crippen LogP contribution in [-0.2, 0) is 9.53 Å². The Kier molecular flexibility index (Phi) is 8.02. The van der Waals surface area contributed by atoms with Crippen molar-refractivity contribution in [2.45, 2.75) is 34.6 Å². The molecule has 3 aromatic rings. The Morgan fingerprint density at radius 2 is 1.62 bits per heavy atom. The summed E-state index contributed by atoms with van der Waals surface area (Å²) in [6, 6.07) is 13.5. The van der Waals surface area contributed by atoms with Gasteiger partial charge in [-0.2, -0.15) is 0 Å². The molecule has 6 nitrogen and oxygen atoms in total. The quantitative estimate of drug-likeness (QED) is 0.321. The number of hydrogen-bond donors (Lipinski definition) is 2. The summed E-state index contributed by atoms with van der Waals surface area (Å²) in [5, 5.41) is 5.92. The fourth-order valence-electron chi connectivity index (χ4n) is 3.40. The maximum atomic E-state index is 13.1. The third-order valence-corrected chi connectivity index (χ3v) is 6.41. The summed E-state index contributed by atoms with van der Waals surface area (Å²) in [5.74, 6) is -1.34. The highest BCUT2D eigenvalue weighted by atomic mass is 32.1. The van der Waals surface area contributed by atoms with Crippen LogP contribution in [0, 0.1) is 27.7 Å². The molecule has 2 aromatic carbocycles. The van der Waals surface area contributed by atoms with E-state index in [0.29, 0.717) is 16.1 Å². The van der Waals surface area contributed by atoms with E-state index in [9.17, 15) is 14.4 Å². The van der Waals surface area contributed by atoms with Crippen LogP contribution in [0.25, 0.3) is 6.08 Å². The van der Waals surface area contributed by atoms with Gasteiger partial charge in [0.05, 0.1) is 17.0 Å². The molecule has 0 atom stereocenters. The van der Waals surface area contributed by atoms with Crippen LogP contribution in [0.5, 0.6) is 0 Å². The Bertz CT molecular complexity index is 1260. The third-order valence-electron chi connectivity index (χ3n) is 5.20. The van der Waals surface area contributed by atoms with E-state index in [1.165, 1.54) is 6.08 Å². The minimum Gasteiger partial charge on any atom is -0.462 e. The zero-order valence-electron chi connectivity index (χ0n) is 19.9. The van der Waals surface area contributed by atoms with Crippen LogP contribution >= 0.6 is 11.3 Å². The van der Waals surface area contributed by atoms with E-state index in [1.807, 2.05) is 63.2 Å². The molecule has 3 rings (SSSR count). The molecule has 0 saturated carbocycles. The van der Waals surface area contributed by atoms with Gasteiger partial charge in [0, 0.05) is 11.8 Å². The lowest BCUT2D eigenvalue weighted by atomic mass is 10.1. The highest BCUT2D eigenvalue weighted by Crippen LogP contribution is 2.34. The van der Waals surface area contributed by atoms with Gasteiger partial charge in [0.15, 0.2) is 0 Å². The van der Waals surface area contributed by atoms with Crippen molar-refractivity contribution in [3.8, 4) is 0 Å². The van der Waals surface area contributed by atoms with Gasteiger partial charge in [0.25, 0.3) is 5.91 Å². The van der Waals surface area contributed by atoms with E-state index < -0.39 is 11.9 Å². The second-order valence-electron chi connectivity index (χ2n) is 7.99. The van der Waals surface area contributed by atoms with Crippen LogP contribution in [0.1, 0.15) is 54.8 Å². The van der Waals surface area contributed by atoms with E-state index in [1.54, 1.807) is 19.9 Å².